The van der Waals surface area contributed by atoms with Gasteiger partial charge in [-0.1, -0.05) is 6.07 Å². The lowest BCUT2D eigenvalue weighted by Gasteiger charge is -2.14. The van der Waals surface area contributed by atoms with E-state index in [1.165, 1.54) is 0 Å². The van der Waals surface area contributed by atoms with Crippen LogP contribution in [0.5, 0.6) is 5.75 Å². The Morgan fingerprint density at radius 3 is 3.07 bits per heavy atom. The number of benzene rings is 1. The average Bonchev–Trinajstić information content (AvgIpc) is 2.28. The van der Waals surface area contributed by atoms with E-state index in [1.807, 2.05) is 37.1 Å². The minimum atomic E-state index is 0.453. The Kier molecular flexibility index (Phi) is 2.57. The lowest BCUT2D eigenvalue weighted by molar-refractivity contribution is 0.340. The third-order valence-electron chi connectivity index (χ3n) is 2.20. The molecular formula is C12H11NO2. The van der Waals surface area contributed by atoms with Gasteiger partial charge < -0.3 is 10.1 Å². The molecule has 2 rings (SSSR count). The van der Waals surface area contributed by atoms with Crippen LogP contribution in [0.4, 0.5) is 0 Å². The lowest BCUT2D eigenvalue weighted by Crippen LogP contribution is -2.10. The molecule has 1 aliphatic heterocycles. The minimum Gasteiger partial charge on any atom is -0.494 e. The second kappa shape index (κ2) is 4.03. The van der Waals surface area contributed by atoms with Gasteiger partial charge in [-0.3, -0.25) is 0 Å². The molecule has 0 spiro atoms. The molecule has 0 bridgehead atoms. The molecule has 0 aromatic heterocycles. The monoisotopic (exact) mass is 201 g/mol. The van der Waals surface area contributed by atoms with Gasteiger partial charge in [0.25, 0.3) is 0 Å². The highest BCUT2D eigenvalue weighted by Crippen LogP contribution is 2.25. The fourth-order valence-corrected chi connectivity index (χ4v) is 1.53. The summed E-state index contributed by atoms with van der Waals surface area (Å²) in [6.45, 7) is 2.54. The molecule has 0 fully saturated rings. The summed E-state index contributed by atoms with van der Waals surface area (Å²) in [7, 11) is 0. The Morgan fingerprint density at radius 2 is 2.33 bits per heavy atom. The predicted octanol–water partition coefficient (Wildman–Crippen LogP) is 1.83. The van der Waals surface area contributed by atoms with Crippen LogP contribution in [-0.2, 0) is 4.79 Å². The van der Waals surface area contributed by atoms with Gasteiger partial charge in [0.05, 0.1) is 6.61 Å². The molecule has 0 amide bonds. The summed E-state index contributed by atoms with van der Waals surface area (Å²) < 4.78 is 5.37. The maximum absolute atomic E-state index is 10.7. The third-order valence-corrected chi connectivity index (χ3v) is 2.20. The second-order valence-corrected chi connectivity index (χ2v) is 3.14. The zero-order chi connectivity index (χ0) is 10.7. The van der Waals surface area contributed by atoms with E-state index in [9.17, 15) is 4.79 Å². The maximum Gasteiger partial charge on any atom is 0.151 e. The van der Waals surface area contributed by atoms with Crippen molar-refractivity contribution in [3.8, 4) is 5.75 Å². The van der Waals surface area contributed by atoms with Crippen LogP contribution in [0.15, 0.2) is 24.4 Å². The summed E-state index contributed by atoms with van der Waals surface area (Å²) in [5, 5.41) is 2.85. The number of hydrogen-bond acceptors (Lipinski definition) is 3. The summed E-state index contributed by atoms with van der Waals surface area (Å²) in [5.74, 6) is 2.64. The number of carbonyl (C=O) groups excluding carboxylic acids is 1. The molecular weight excluding hydrogens is 190 g/mol. The van der Waals surface area contributed by atoms with E-state index in [2.05, 4.69) is 5.32 Å². The van der Waals surface area contributed by atoms with Crippen LogP contribution in [0, 0.1) is 0 Å². The van der Waals surface area contributed by atoms with Gasteiger partial charge in [0.1, 0.15) is 11.4 Å². The van der Waals surface area contributed by atoms with Crippen LogP contribution in [0.2, 0.25) is 0 Å². The van der Waals surface area contributed by atoms with Crippen LogP contribution in [0.25, 0.3) is 11.8 Å². The third kappa shape index (κ3) is 1.78. The predicted molar refractivity (Wildman–Crippen MR) is 58.9 cm³/mol. The van der Waals surface area contributed by atoms with Crippen molar-refractivity contribution in [1.82, 2.24) is 5.32 Å². The van der Waals surface area contributed by atoms with Crippen LogP contribution < -0.4 is 10.1 Å². The molecule has 76 valence electrons. The molecule has 0 atom stereocenters. The molecule has 0 saturated heterocycles. The summed E-state index contributed by atoms with van der Waals surface area (Å²) >= 11 is 0. The maximum atomic E-state index is 10.7. The number of hydrogen-bond donors (Lipinski definition) is 1. The number of nitrogens with one attached hydrogen (secondary N) is 1. The summed E-state index contributed by atoms with van der Waals surface area (Å²) in [6, 6.07) is 5.66. The van der Waals surface area contributed by atoms with E-state index in [4.69, 9.17) is 4.74 Å². The zero-order valence-corrected chi connectivity index (χ0v) is 8.41. The fourth-order valence-electron chi connectivity index (χ4n) is 1.53. The summed E-state index contributed by atoms with van der Waals surface area (Å²) in [6.07, 6.45) is 3.63. The first-order valence-electron chi connectivity index (χ1n) is 4.80. The van der Waals surface area contributed by atoms with Gasteiger partial charge in [0, 0.05) is 11.8 Å². The number of fused-ring (bicyclic) bond motifs is 1. The second-order valence-electron chi connectivity index (χ2n) is 3.14. The first-order chi connectivity index (χ1) is 7.35. The SMILES string of the molecule is CCOc1ccc2c(c1)C(=C=O)NC=C2. The highest BCUT2D eigenvalue weighted by atomic mass is 16.5. The quantitative estimate of drug-likeness (QED) is 0.742. The van der Waals surface area contributed by atoms with Gasteiger partial charge in [0.15, 0.2) is 5.94 Å². The van der Waals surface area contributed by atoms with Crippen molar-refractivity contribution in [1.29, 1.82) is 0 Å². The van der Waals surface area contributed by atoms with Crippen molar-refractivity contribution in [2.45, 2.75) is 6.92 Å². The molecule has 3 nitrogen and oxygen atoms in total. The Balaban J connectivity index is 2.49. The van der Waals surface area contributed by atoms with Gasteiger partial charge in [-0.05, 0) is 30.7 Å². The van der Waals surface area contributed by atoms with Crippen LogP contribution >= 0.6 is 0 Å². The molecule has 1 aromatic rings. The molecule has 0 radical (unpaired) electrons. The normalized spacial score (nSPS) is 12.7. The molecule has 0 unspecified atom stereocenters. The zero-order valence-electron chi connectivity index (χ0n) is 8.41. The molecule has 1 aliphatic rings. The Hall–Kier alpha value is -1.99. The van der Waals surface area contributed by atoms with Crippen LogP contribution in [0.1, 0.15) is 18.1 Å². The largest absolute Gasteiger partial charge is 0.494 e. The lowest BCUT2D eigenvalue weighted by atomic mass is 10.0. The molecule has 0 saturated carbocycles. The van der Waals surface area contributed by atoms with Gasteiger partial charge in [0.2, 0.25) is 0 Å². The van der Waals surface area contributed by atoms with Crippen molar-refractivity contribution in [3.05, 3.63) is 35.5 Å². The Morgan fingerprint density at radius 1 is 1.47 bits per heavy atom. The van der Waals surface area contributed by atoms with E-state index in [0.717, 1.165) is 16.9 Å². The Bertz CT molecular complexity index is 457. The van der Waals surface area contributed by atoms with Gasteiger partial charge in [-0.25, -0.2) is 4.79 Å². The van der Waals surface area contributed by atoms with Crippen molar-refractivity contribution in [2.75, 3.05) is 6.61 Å². The number of rotatable bonds is 2. The highest BCUT2D eigenvalue weighted by Gasteiger charge is 2.11. The van der Waals surface area contributed by atoms with E-state index >= 15 is 0 Å². The first kappa shape index (κ1) is 9.56. The van der Waals surface area contributed by atoms with Crippen molar-refractivity contribution in [2.24, 2.45) is 0 Å². The Labute approximate surface area is 88.1 Å². The first-order valence-corrected chi connectivity index (χ1v) is 4.80. The standard InChI is InChI=1S/C12H11NO2/c1-2-15-10-4-3-9-5-6-13-12(8-14)11(9)7-10/h3-7,13H,2H2,1H3. The van der Waals surface area contributed by atoms with Crippen LogP contribution in [0.3, 0.4) is 0 Å². The summed E-state index contributed by atoms with van der Waals surface area (Å²) in [5.41, 5.74) is 2.28. The van der Waals surface area contributed by atoms with E-state index in [0.29, 0.717) is 12.3 Å². The van der Waals surface area contributed by atoms with Crippen molar-refractivity contribution in [3.63, 3.8) is 0 Å². The molecule has 15 heavy (non-hydrogen) atoms. The minimum absolute atomic E-state index is 0.453. The molecule has 1 N–H and O–H groups in total. The molecule has 1 aromatic carbocycles. The number of ether oxygens (including phenoxy) is 1. The topological polar surface area (TPSA) is 38.3 Å². The molecule has 0 aliphatic carbocycles. The summed E-state index contributed by atoms with van der Waals surface area (Å²) in [4.78, 5) is 10.7. The van der Waals surface area contributed by atoms with Gasteiger partial charge in [-0.2, -0.15) is 0 Å². The molecule has 3 heteroatoms. The van der Waals surface area contributed by atoms with E-state index in [1.54, 1.807) is 6.20 Å². The van der Waals surface area contributed by atoms with Gasteiger partial charge >= 0.3 is 0 Å². The molecule has 1 heterocycles. The average molecular weight is 201 g/mol. The van der Waals surface area contributed by atoms with E-state index < -0.39 is 0 Å². The van der Waals surface area contributed by atoms with Crippen molar-refractivity contribution < 1.29 is 9.53 Å². The fraction of sp³-hybridized carbons (Fsp3) is 0.167. The van der Waals surface area contributed by atoms with Crippen LogP contribution in [-0.4, -0.2) is 12.5 Å². The van der Waals surface area contributed by atoms with Gasteiger partial charge in [-0.15, -0.1) is 0 Å². The smallest absolute Gasteiger partial charge is 0.151 e. The highest BCUT2D eigenvalue weighted by molar-refractivity contribution is 5.92. The van der Waals surface area contributed by atoms with E-state index in [-0.39, 0.29) is 0 Å². The van der Waals surface area contributed by atoms with Crippen molar-refractivity contribution >= 4 is 17.7 Å².